The Balaban J connectivity index is 1.97. The molecular formula is C18H18F2N2O2. The van der Waals surface area contributed by atoms with Crippen molar-refractivity contribution in [1.82, 2.24) is 5.32 Å². The van der Waals surface area contributed by atoms with Crippen molar-refractivity contribution in [2.45, 2.75) is 25.3 Å². The lowest BCUT2D eigenvalue weighted by Gasteiger charge is -2.16. The molecule has 0 saturated heterocycles. The topological polar surface area (TPSA) is 72.2 Å². The number of halogens is 2. The largest absolute Gasteiger partial charge is 0.368 e. The predicted octanol–water partition coefficient (Wildman–Crippen LogP) is 2.11. The van der Waals surface area contributed by atoms with Gasteiger partial charge in [-0.2, -0.15) is 0 Å². The van der Waals surface area contributed by atoms with Crippen LogP contribution in [-0.4, -0.2) is 17.9 Å². The molecule has 2 amide bonds. The molecule has 24 heavy (non-hydrogen) atoms. The lowest BCUT2D eigenvalue weighted by molar-refractivity contribution is -0.127. The molecule has 6 heteroatoms. The van der Waals surface area contributed by atoms with Gasteiger partial charge in [-0.15, -0.1) is 0 Å². The number of nitrogens with two attached hydrogens (primary N) is 1. The summed E-state index contributed by atoms with van der Waals surface area (Å²) in [6, 6.07) is 11.9. The van der Waals surface area contributed by atoms with Crippen molar-refractivity contribution in [3.63, 3.8) is 0 Å². The van der Waals surface area contributed by atoms with Crippen molar-refractivity contribution in [2.24, 2.45) is 5.73 Å². The minimum atomic E-state index is -0.896. The molecule has 2 aromatic rings. The molecule has 0 radical (unpaired) electrons. The Morgan fingerprint density at radius 2 is 1.62 bits per heavy atom. The number of primary amides is 1. The number of nitrogens with one attached hydrogen (secondary N) is 1. The van der Waals surface area contributed by atoms with Crippen LogP contribution < -0.4 is 11.1 Å². The second-order valence-electron chi connectivity index (χ2n) is 5.42. The molecule has 3 N–H and O–H groups in total. The number of benzene rings is 2. The zero-order chi connectivity index (χ0) is 17.5. The van der Waals surface area contributed by atoms with Crippen LogP contribution >= 0.6 is 0 Å². The van der Waals surface area contributed by atoms with E-state index in [2.05, 4.69) is 5.32 Å². The van der Waals surface area contributed by atoms with Gasteiger partial charge in [0.1, 0.15) is 17.7 Å². The van der Waals surface area contributed by atoms with Gasteiger partial charge in [0.2, 0.25) is 11.8 Å². The van der Waals surface area contributed by atoms with E-state index >= 15 is 0 Å². The van der Waals surface area contributed by atoms with E-state index in [0.29, 0.717) is 12.8 Å². The van der Waals surface area contributed by atoms with Gasteiger partial charge in [0.25, 0.3) is 0 Å². The number of carbonyl (C=O) groups excluding carboxylic acids is 2. The van der Waals surface area contributed by atoms with Gasteiger partial charge in [-0.05, 0) is 30.5 Å². The van der Waals surface area contributed by atoms with Crippen LogP contribution in [-0.2, 0) is 22.4 Å². The zero-order valence-corrected chi connectivity index (χ0v) is 13.0. The number of amides is 2. The van der Waals surface area contributed by atoms with Crippen LogP contribution in [0.4, 0.5) is 8.78 Å². The van der Waals surface area contributed by atoms with Crippen LogP contribution in [0.1, 0.15) is 17.5 Å². The quantitative estimate of drug-likeness (QED) is 0.815. The number of hydrogen-bond donors (Lipinski definition) is 2. The second-order valence-corrected chi connectivity index (χ2v) is 5.42. The van der Waals surface area contributed by atoms with E-state index in [1.807, 2.05) is 30.3 Å². The smallest absolute Gasteiger partial charge is 0.240 e. The summed E-state index contributed by atoms with van der Waals surface area (Å²) in [5.41, 5.74) is 5.97. The fourth-order valence-electron chi connectivity index (χ4n) is 2.35. The molecule has 0 spiro atoms. The third kappa shape index (κ3) is 4.87. The van der Waals surface area contributed by atoms with Crippen LogP contribution in [0.15, 0.2) is 48.5 Å². The summed E-state index contributed by atoms with van der Waals surface area (Å²) in [6.07, 6.45) is 0.362. The maximum Gasteiger partial charge on any atom is 0.240 e. The molecule has 0 aliphatic heterocycles. The molecule has 0 saturated carbocycles. The highest BCUT2D eigenvalue weighted by atomic mass is 19.1. The Kier molecular flexibility index (Phi) is 6.01. The molecule has 1 atom stereocenters. The Bertz CT molecular complexity index is 700. The molecule has 0 unspecified atom stereocenters. The first-order valence-corrected chi connectivity index (χ1v) is 7.53. The SMILES string of the molecule is NC(=O)[C@@H](CCc1ccccc1)NC(=O)Cc1c(F)cccc1F. The Morgan fingerprint density at radius 1 is 1.00 bits per heavy atom. The molecule has 0 aromatic heterocycles. The van der Waals surface area contributed by atoms with Crippen molar-refractivity contribution in [2.75, 3.05) is 0 Å². The van der Waals surface area contributed by atoms with Crippen molar-refractivity contribution in [3.8, 4) is 0 Å². The van der Waals surface area contributed by atoms with Crippen LogP contribution in [0, 0.1) is 11.6 Å². The van der Waals surface area contributed by atoms with Crippen LogP contribution in [0.3, 0.4) is 0 Å². The van der Waals surface area contributed by atoms with Crippen molar-refractivity contribution < 1.29 is 18.4 Å². The molecule has 0 bridgehead atoms. The monoisotopic (exact) mass is 332 g/mol. The lowest BCUT2D eigenvalue weighted by Crippen LogP contribution is -2.45. The Morgan fingerprint density at radius 3 is 2.21 bits per heavy atom. The second kappa shape index (κ2) is 8.19. The average molecular weight is 332 g/mol. The molecule has 0 aliphatic rings. The van der Waals surface area contributed by atoms with E-state index in [0.717, 1.165) is 17.7 Å². The number of hydrogen-bond acceptors (Lipinski definition) is 2. The molecule has 2 aromatic carbocycles. The highest BCUT2D eigenvalue weighted by molar-refractivity contribution is 5.87. The number of carbonyl (C=O) groups is 2. The van der Waals surface area contributed by atoms with E-state index in [-0.39, 0.29) is 5.56 Å². The average Bonchev–Trinajstić information content (AvgIpc) is 2.55. The van der Waals surface area contributed by atoms with E-state index in [1.165, 1.54) is 6.07 Å². The van der Waals surface area contributed by atoms with Gasteiger partial charge in [0.05, 0.1) is 6.42 Å². The summed E-state index contributed by atoms with van der Waals surface area (Å²) in [5.74, 6) is -2.95. The summed E-state index contributed by atoms with van der Waals surface area (Å²) in [4.78, 5) is 23.5. The fraction of sp³-hybridized carbons (Fsp3) is 0.222. The number of rotatable bonds is 7. The molecular weight excluding hydrogens is 314 g/mol. The van der Waals surface area contributed by atoms with Crippen molar-refractivity contribution >= 4 is 11.8 Å². The first-order chi connectivity index (χ1) is 11.5. The highest BCUT2D eigenvalue weighted by Gasteiger charge is 2.20. The van der Waals surface area contributed by atoms with Gasteiger partial charge in [-0.25, -0.2) is 8.78 Å². The summed E-state index contributed by atoms with van der Waals surface area (Å²) in [5, 5.41) is 2.44. The number of aryl methyl sites for hydroxylation is 1. The van der Waals surface area contributed by atoms with E-state index in [9.17, 15) is 18.4 Å². The molecule has 4 nitrogen and oxygen atoms in total. The summed E-state index contributed by atoms with van der Waals surface area (Å²) < 4.78 is 27.1. The van der Waals surface area contributed by atoms with Gasteiger partial charge in [0.15, 0.2) is 0 Å². The highest BCUT2D eigenvalue weighted by Crippen LogP contribution is 2.13. The van der Waals surface area contributed by atoms with Gasteiger partial charge in [-0.1, -0.05) is 36.4 Å². The fourth-order valence-corrected chi connectivity index (χ4v) is 2.35. The predicted molar refractivity (Wildman–Crippen MR) is 86.0 cm³/mol. The molecule has 0 fully saturated rings. The maximum atomic E-state index is 13.6. The Labute approximate surface area is 138 Å². The van der Waals surface area contributed by atoms with Crippen LogP contribution in [0.5, 0.6) is 0 Å². The van der Waals surface area contributed by atoms with Gasteiger partial charge in [0, 0.05) is 5.56 Å². The van der Waals surface area contributed by atoms with Crippen molar-refractivity contribution in [3.05, 3.63) is 71.3 Å². The van der Waals surface area contributed by atoms with Crippen LogP contribution in [0.2, 0.25) is 0 Å². The van der Waals surface area contributed by atoms with E-state index < -0.39 is 35.9 Å². The summed E-state index contributed by atoms with van der Waals surface area (Å²) in [6.45, 7) is 0. The standard InChI is InChI=1S/C18H18F2N2O2/c19-14-7-4-8-15(20)13(14)11-17(23)22-16(18(21)24)10-9-12-5-2-1-3-6-12/h1-8,16H,9-11H2,(H2,21,24)(H,22,23)/t16-/m1/s1. The minimum Gasteiger partial charge on any atom is -0.368 e. The lowest BCUT2D eigenvalue weighted by atomic mass is 10.0. The van der Waals surface area contributed by atoms with E-state index in [4.69, 9.17) is 5.73 Å². The summed E-state index contributed by atoms with van der Waals surface area (Å²) in [7, 11) is 0. The third-order valence-electron chi connectivity index (χ3n) is 3.64. The van der Waals surface area contributed by atoms with Gasteiger partial charge in [-0.3, -0.25) is 9.59 Å². The van der Waals surface area contributed by atoms with E-state index in [1.54, 1.807) is 0 Å². The first kappa shape index (κ1) is 17.6. The first-order valence-electron chi connectivity index (χ1n) is 7.53. The van der Waals surface area contributed by atoms with Gasteiger partial charge < -0.3 is 11.1 Å². The minimum absolute atomic E-state index is 0.310. The maximum absolute atomic E-state index is 13.6. The zero-order valence-electron chi connectivity index (χ0n) is 13.0. The van der Waals surface area contributed by atoms with Crippen molar-refractivity contribution in [1.29, 1.82) is 0 Å². The molecule has 0 heterocycles. The normalized spacial score (nSPS) is 11.8. The van der Waals surface area contributed by atoms with Gasteiger partial charge >= 0.3 is 0 Å². The molecule has 2 rings (SSSR count). The molecule has 126 valence electrons. The molecule has 0 aliphatic carbocycles. The summed E-state index contributed by atoms with van der Waals surface area (Å²) >= 11 is 0. The van der Waals surface area contributed by atoms with Crippen LogP contribution in [0.25, 0.3) is 0 Å². The Hall–Kier alpha value is -2.76. The third-order valence-corrected chi connectivity index (χ3v) is 3.64.